The quantitative estimate of drug-likeness (QED) is 0.873. The molecule has 2 fully saturated rings. The third-order valence-electron chi connectivity index (χ3n) is 4.92. The first-order valence-electron chi connectivity index (χ1n) is 7.57. The van der Waals surface area contributed by atoms with Crippen molar-refractivity contribution < 1.29 is 18.3 Å². The Bertz CT molecular complexity index is 957. The van der Waals surface area contributed by atoms with E-state index in [0.29, 0.717) is 35.6 Å². The number of fused-ring (bicyclic) bond motifs is 3. The zero-order chi connectivity index (χ0) is 17.2. The third kappa shape index (κ3) is 2.08. The molecule has 10 heteroatoms. The van der Waals surface area contributed by atoms with Crippen LogP contribution < -0.4 is 0 Å². The fourth-order valence-corrected chi connectivity index (χ4v) is 5.86. The van der Waals surface area contributed by atoms with Crippen molar-refractivity contribution in [3.05, 3.63) is 23.1 Å². The van der Waals surface area contributed by atoms with Gasteiger partial charge in [0.25, 0.3) is 0 Å². The van der Waals surface area contributed by atoms with Crippen molar-refractivity contribution in [3.63, 3.8) is 0 Å². The number of aliphatic carboxylic acids is 1. The van der Waals surface area contributed by atoms with E-state index in [1.165, 1.54) is 21.2 Å². The Labute approximate surface area is 143 Å². The van der Waals surface area contributed by atoms with Crippen LogP contribution in [0.15, 0.2) is 17.3 Å². The predicted molar refractivity (Wildman–Crippen MR) is 84.3 cm³/mol. The molecule has 24 heavy (non-hydrogen) atoms. The number of hydrogen-bond donors (Lipinski definition) is 1. The second-order valence-electron chi connectivity index (χ2n) is 6.27. The molecule has 0 saturated carbocycles. The smallest absolute Gasteiger partial charge is 0.308 e. The highest BCUT2D eigenvalue weighted by Gasteiger charge is 2.54. The highest BCUT2D eigenvalue weighted by Crippen LogP contribution is 2.45. The summed E-state index contributed by atoms with van der Waals surface area (Å²) < 4.78 is 28.7. The molecular weight excluding hydrogens is 356 g/mol. The van der Waals surface area contributed by atoms with E-state index in [4.69, 9.17) is 11.6 Å². The van der Waals surface area contributed by atoms with Crippen LogP contribution in [0.2, 0.25) is 5.02 Å². The van der Waals surface area contributed by atoms with Gasteiger partial charge in [-0.15, -0.1) is 0 Å². The van der Waals surface area contributed by atoms with Gasteiger partial charge in [-0.2, -0.15) is 9.40 Å². The summed E-state index contributed by atoms with van der Waals surface area (Å²) in [5, 5.41) is 13.8. The van der Waals surface area contributed by atoms with Crippen molar-refractivity contribution in [2.45, 2.75) is 43.2 Å². The Hall–Kier alpha value is -1.71. The second-order valence-corrected chi connectivity index (χ2v) is 8.49. The summed E-state index contributed by atoms with van der Waals surface area (Å²) in [5.41, 5.74) is 0.951. The van der Waals surface area contributed by atoms with Crippen LogP contribution in [-0.4, -0.2) is 50.5 Å². The van der Waals surface area contributed by atoms with Gasteiger partial charge in [0, 0.05) is 12.1 Å². The zero-order valence-corrected chi connectivity index (χ0v) is 14.3. The molecule has 8 nitrogen and oxygen atoms in total. The first-order valence-corrected chi connectivity index (χ1v) is 9.39. The number of halogens is 1. The van der Waals surface area contributed by atoms with Crippen LogP contribution in [0.4, 0.5) is 0 Å². The van der Waals surface area contributed by atoms with Crippen LogP contribution in [-0.2, 0) is 14.8 Å². The Morgan fingerprint density at radius 2 is 2.17 bits per heavy atom. The average molecular weight is 371 g/mol. The number of carboxylic acids is 1. The molecule has 2 aromatic heterocycles. The lowest BCUT2D eigenvalue weighted by atomic mass is 9.89. The van der Waals surface area contributed by atoms with Crippen molar-refractivity contribution in [1.82, 2.24) is 18.9 Å². The number of nitrogens with zero attached hydrogens (tertiary/aromatic N) is 4. The molecule has 4 rings (SSSR count). The summed E-state index contributed by atoms with van der Waals surface area (Å²) in [6.45, 7) is 1.71. The molecule has 3 atom stereocenters. The first kappa shape index (κ1) is 15.8. The number of rotatable bonds is 3. The molecule has 2 aliphatic heterocycles. The molecule has 128 valence electrons. The van der Waals surface area contributed by atoms with E-state index in [1.807, 2.05) is 0 Å². The number of carbonyl (C=O) groups is 1. The molecule has 0 amide bonds. The van der Waals surface area contributed by atoms with Crippen LogP contribution in [0.5, 0.6) is 0 Å². The Kier molecular flexibility index (Phi) is 3.38. The monoisotopic (exact) mass is 370 g/mol. The molecule has 2 saturated heterocycles. The predicted octanol–water partition coefficient (Wildman–Crippen LogP) is 1.32. The Morgan fingerprint density at radius 3 is 2.83 bits per heavy atom. The van der Waals surface area contributed by atoms with Crippen LogP contribution >= 0.6 is 11.6 Å². The Morgan fingerprint density at radius 1 is 1.42 bits per heavy atom. The normalized spacial score (nSPS) is 27.2. The fraction of sp³-hybridized carbons (Fsp3) is 0.500. The minimum Gasteiger partial charge on any atom is -0.481 e. The lowest BCUT2D eigenvalue weighted by molar-refractivity contribution is -0.142. The number of hydrogen-bond acceptors (Lipinski definition) is 5. The van der Waals surface area contributed by atoms with Gasteiger partial charge in [0.1, 0.15) is 9.92 Å². The maximum absolute atomic E-state index is 13.0. The summed E-state index contributed by atoms with van der Waals surface area (Å²) in [6.07, 6.45) is 4.26. The van der Waals surface area contributed by atoms with E-state index in [1.54, 1.807) is 6.92 Å². The molecule has 2 bridgehead atoms. The molecule has 4 heterocycles. The lowest BCUT2D eigenvalue weighted by Crippen LogP contribution is -2.38. The maximum atomic E-state index is 13.0. The van der Waals surface area contributed by atoms with E-state index in [2.05, 4.69) is 10.1 Å². The van der Waals surface area contributed by atoms with E-state index < -0.39 is 28.0 Å². The maximum Gasteiger partial charge on any atom is 0.308 e. The fourth-order valence-electron chi connectivity index (χ4n) is 3.83. The van der Waals surface area contributed by atoms with Crippen molar-refractivity contribution in [2.24, 2.45) is 5.92 Å². The van der Waals surface area contributed by atoms with Gasteiger partial charge in [0.05, 0.1) is 24.0 Å². The van der Waals surface area contributed by atoms with Crippen LogP contribution in [0.25, 0.3) is 5.65 Å². The summed E-state index contributed by atoms with van der Waals surface area (Å²) in [5.74, 6) is -1.58. The van der Waals surface area contributed by atoms with Gasteiger partial charge in [-0.05, 0) is 26.2 Å². The van der Waals surface area contributed by atoms with E-state index in [0.717, 1.165) is 0 Å². The third-order valence-corrected chi connectivity index (χ3v) is 7.29. The van der Waals surface area contributed by atoms with Crippen LogP contribution in [0.3, 0.4) is 0 Å². The van der Waals surface area contributed by atoms with Gasteiger partial charge in [-0.25, -0.2) is 17.9 Å². The van der Waals surface area contributed by atoms with E-state index in [9.17, 15) is 18.3 Å². The highest BCUT2D eigenvalue weighted by atomic mass is 35.5. The zero-order valence-electron chi connectivity index (χ0n) is 12.8. The summed E-state index contributed by atoms with van der Waals surface area (Å²) in [6, 6.07) is -0.754. The molecule has 0 aromatic carbocycles. The van der Waals surface area contributed by atoms with Crippen LogP contribution in [0, 0.1) is 12.8 Å². The molecule has 3 unspecified atom stereocenters. The van der Waals surface area contributed by atoms with Gasteiger partial charge >= 0.3 is 5.97 Å². The molecule has 1 N–H and O–H groups in total. The first-order chi connectivity index (χ1) is 11.3. The van der Waals surface area contributed by atoms with Crippen molar-refractivity contribution >= 4 is 33.2 Å². The van der Waals surface area contributed by atoms with Crippen molar-refractivity contribution in [3.8, 4) is 0 Å². The summed E-state index contributed by atoms with van der Waals surface area (Å²) in [4.78, 5) is 15.5. The van der Waals surface area contributed by atoms with Gasteiger partial charge in [0.15, 0.2) is 5.65 Å². The second kappa shape index (κ2) is 5.14. The lowest BCUT2D eigenvalue weighted by Gasteiger charge is -2.22. The number of aromatic nitrogens is 3. The van der Waals surface area contributed by atoms with Gasteiger partial charge < -0.3 is 5.11 Å². The number of aryl methyl sites for hydroxylation is 1. The molecule has 0 radical (unpaired) electrons. The average Bonchev–Trinajstić information content (AvgIpc) is 3.19. The standard InChI is InChI=1S/C14H15ClN4O4S/c1-7-12(15)13-16-5-9(6-18(13)17-7)24(22,23)19-8-2-3-11(19)10(4-8)14(20)21/h5-6,8,10-11H,2-4H2,1H3,(H,20,21). The Balaban J connectivity index is 1.77. The van der Waals surface area contributed by atoms with Gasteiger partial charge in [-0.1, -0.05) is 11.6 Å². The molecular formula is C14H15ClN4O4S. The molecule has 2 aliphatic rings. The highest BCUT2D eigenvalue weighted by molar-refractivity contribution is 7.89. The molecule has 2 aromatic rings. The van der Waals surface area contributed by atoms with Crippen LogP contribution in [0.1, 0.15) is 25.0 Å². The SMILES string of the molecule is Cc1nn2cc(S(=O)(=O)N3C4CCC3C(C(=O)O)C4)cnc2c1Cl. The minimum atomic E-state index is -3.83. The number of carboxylic acid groups (broad SMARTS) is 1. The van der Waals surface area contributed by atoms with Crippen molar-refractivity contribution in [1.29, 1.82) is 0 Å². The molecule has 0 spiro atoms. The van der Waals surface area contributed by atoms with Gasteiger partial charge in [0.2, 0.25) is 10.0 Å². The van der Waals surface area contributed by atoms with Crippen molar-refractivity contribution in [2.75, 3.05) is 0 Å². The van der Waals surface area contributed by atoms with Gasteiger partial charge in [-0.3, -0.25) is 4.79 Å². The molecule has 0 aliphatic carbocycles. The minimum absolute atomic E-state index is 0.00268. The summed E-state index contributed by atoms with van der Waals surface area (Å²) in [7, 11) is -3.83. The number of sulfonamides is 1. The topological polar surface area (TPSA) is 105 Å². The summed E-state index contributed by atoms with van der Waals surface area (Å²) >= 11 is 6.07. The van der Waals surface area contributed by atoms with E-state index in [-0.39, 0.29) is 10.9 Å². The van der Waals surface area contributed by atoms with E-state index >= 15 is 0 Å². The largest absolute Gasteiger partial charge is 0.481 e.